The van der Waals surface area contributed by atoms with Crippen molar-refractivity contribution in [1.29, 1.82) is 0 Å². The van der Waals surface area contributed by atoms with Crippen LogP contribution in [0.5, 0.6) is 0 Å². The largest absolute Gasteiger partial charge is 0.354 e. The highest BCUT2D eigenvalue weighted by molar-refractivity contribution is 6.31. The second-order valence-electron chi connectivity index (χ2n) is 8.00. The van der Waals surface area contributed by atoms with E-state index in [0.29, 0.717) is 23.0 Å². The molecule has 2 amide bonds. The van der Waals surface area contributed by atoms with Gasteiger partial charge in [-0.15, -0.1) is 0 Å². The van der Waals surface area contributed by atoms with Crippen LogP contribution in [0, 0.1) is 5.92 Å². The van der Waals surface area contributed by atoms with E-state index < -0.39 is 6.04 Å². The Bertz CT molecular complexity index is 854. The number of carbonyl (C=O) groups excluding carboxylic acids is 2. The van der Waals surface area contributed by atoms with Crippen LogP contribution in [-0.2, 0) is 11.3 Å². The van der Waals surface area contributed by atoms with Crippen molar-refractivity contribution in [2.45, 2.75) is 57.2 Å². The highest BCUT2D eigenvalue weighted by Crippen LogP contribution is 2.40. The molecule has 1 aliphatic heterocycles. The molecule has 2 heterocycles. The van der Waals surface area contributed by atoms with Gasteiger partial charge in [0.25, 0.3) is 5.91 Å². The molecule has 0 unspecified atom stereocenters. The van der Waals surface area contributed by atoms with Gasteiger partial charge in [0.2, 0.25) is 5.91 Å². The van der Waals surface area contributed by atoms with Crippen molar-refractivity contribution in [3.05, 3.63) is 53.3 Å². The fraction of sp³-hybridized carbons (Fsp3) is 0.500. The van der Waals surface area contributed by atoms with Crippen LogP contribution in [-0.4, -0.2) is 45.1 Å². The number of hydrogen-bond donors (Lipinski definition) is 1. The lowest BCUT2D eigenvalue weighted by Crippen LogP contribution is -2.49. The summed E-state index contributed by atoms with van der Waals surface area (Å²) in [5.41, 5.74) is 0.556. The average molecular weight is 415 g/mol. The smallest absolute Gasteiger partial charge is 0.254 e. The maximum atomic E-state index is 13.3. The molecule has 7 heteroatoms. The first kappa shape index (κ1) is 20.0. The lowest BCUT2D eigenvalue weighted by atomic mass is 9.84. The fourth-order valence-electron chi connectivity index (χ4n) is 4.76. The van der Waals surface area contributed by atoms with Gasteiger partial charge >= 0.3 is 0 Å². The van der Waals surface area contributed by atoms with Crippen LogP contribution in [0.1, 0.15) is 48.9 Å². The molecule has 2 fully saturated rings. The summed E-state index contributed by atoms with van der Waals surface area (Å²) in [4.78, 5) is 28.2. The van der Waals surface area contributed by atoms with Gasteiger partial charge in [0.1, 0.15) is 6.04 Å². The Morgan fingerprint density at radius 2 is 2.07 bits per heavy atom. The first-order valence-corrected chi connectivity index (χ1v) is 10.8. The molecule has 2 aliphatic rings. The number of benzene rings is 1. The number of carbonyl (C=O) groups is 2. The second-order valence-corrected chi connectivity index (χ2v) is 8.44. The van der Waals surface area contributed by atoms with Crippen molar-refractivity contribution >= 4 is 23.4 Å². The zero-order chi connectivity index (χ0) is 20.2. The minimum absolute atomic E-state index is 0.0461. The molecule has 4 rings (SSSR count). The predicted molar refractivity (Wildman–Crippen MR) is 112 cm³/mol. The molecule has 1 saturated carbocycles. The minimum atomic E-state index is -0.403. The number of nitrogens with one attached hydrogen (secondary N) is 1. The molecule has 1 aromatic heterocycles. The molecule has 154 valence electrons. The summed E-state index contributed by atoms with van der Waals surface area (Å²) in [6.07, 6.45) is 9.56. The van der Waals surface area contributed by atoms with Gasteiger partial charge in [-0.3, -0.25) is 14.3 Å². The predicted octanol–water partition coefficient (Wildman–Crippen LogP) is 3.52. The number of amides is 2. The first-order chi connectivity index (χ1) is 14.1. The van der Waals surface area contributed by atoms with E-state index >= 15 is 0 Å². The van der Waals surface area contributed by atoms with Crippen molar-refractivity contribution in [3.8, 4) is 0 Å². The molecule has 3 atom stereocenters. The van der Waals surface area contributed by atoms with Crippen LogP contribution in [0.3, 0.4) is 0 Å². The molecule has 1 aliphatic carbocycles. The van der Waals surface area contributed by atoms with Crippen LogP contribution in [0.25, 0.3) is 0 Å². The quantitative estimate of drug-likeness (QED) is 0.735. The summed E-state index contributed by atoms with van der Waals surface area (Å²) < 4.78 is 1.85. The number of likely N-dealkylation sites (tertiary alicyclic amines) is 1. The molecule has 1 N–H and O–H groups in total. The molecule has 29 heavy (non-hydrogen) atoms. The molecule has 0 bridgehead atoms. The third kappa shape index (κ3) is 4.47. The number of halogens is 1. The van der Waals surface area contributed by atoms with Crippen molar-refractivity contribution < 1.29 is 9.59 Å². The third-order valence-electron chi connectivity index (χ3n) is 6.12. The molecule has 1 saturated heterocycles. The van der Waals surface area contributed by atoms with Gasteiger partial charge in [-0.25, -0.2) is 0 Å². The Morgan fingerprint density at radius 3 is 2.86 bits per heavy atom. The number of aryl methyl sites for hydroxylation is 1. The number of fused-ring (bicyclic) bond motifs is 1. The van der Waals surface area contributed by atoms with Crippen LogP contribution in [0.15, 0.2) is 42.7 Å². The second kappa shape index (κ2) is 8.99. The SMILES string of the molecule is O=C(NCCCn1cccn1)[C@@H]1C[C@@H]2CCCC[C@H]2N1C(=O)c1cccc(Cl)c1. The van der Waals surface area contributed by atoms with E-state index in [1.807, 2.05) is 21.8 Å². The number of rotatable bonds is 6. The van der Waals surface area contributed by atoms with E-state index in [0.717, 1.165) is 38.6 Å². The van der Waals surface area contributed by atoms with E-state index in [2.05, 4.69) is 10.4 Å². The lowest BCUT2D eigenvalue weighted by molar-refractivity contribution is -0.125. The summed E-state index contributed by atoms with van der Waals surface area (Å²) >= 11 is 6.10. The Balaban J connectivity index is 1.44. The van der Waals surface area contributed by atoms with E-state index in [1.54, 1.807) is 30.5 Å². The van der Waals surface area contributed by atoms with Crippen LogP contribution >= 0.6 is 11.6 Å². The highest BCUT2D eigenvalue weighted by atomic mass is 35.5. The van der Waals surface area contributed by atoms with Crippen molar-refractivity contribution in [3.63, 3.8) is 0 Å². The summed E-state index contributed by atoms with van der Waals surface area (Å²) in [6.45, 7) is 1.33. The van der Waals surface area contributed by atoms with Gasteiger partial charge in [0.05, 0.1) is 0 Å². The number of hydrogen-bond acceptors (Lipinski definition) is 3. The normalized spacial score (nSPS) is 23.6. The first-order valence-electron chi connectivity index (χ1n) is 10.5. The Kier molecular flexibility index (Phi) is 6.19. The summed E-state index contributed by atoms with van der Waals surface area (Å²) in [5.74, 6) is 0.278. The molecule has 0 radical (unpaired) electrons. The van der Waals surface area contributed by atoms with E-state index in [-0.39, 0.29) is 17.9 Å². The zero-order valence-corrected chi connectivity index (χ0v) is 17.2. The van der Waals surface area contributed by atoms with Gasteiger partial charge < -0.3 is 10.2 Å². The Morgan fingerprint density at radius 1 is 1.21 bits per heavy atom. The summed E-state index contributed by atoms with van der Waals surface area (Å²) in [7, 11) is 0. The molecular weight excluding hydrogens is 388 g/mol. The van der Waals surface area contributed by atoms with Crippen molar-refractivity contribution in [1.82, 2.24) is 20.0 Å². The lowest BCUT2D eigenvalue weighted by Gasteiger charge is -2.33. The number of aromatic nitrogens is 2. The van der Waals surface area contributed by atoms with Gasteiger partial charge in [-0.2, -0.15) is 5.10 Å². The average Bonchev–Trinajstić information content (AvgIpc) is 3.38. The maximum absolute atomic E-state index is 13.3. The van der Waals surface area contributed by atoms with Crippen LogP contribution in [0.4, 0.5) is 0 Å². The fourth-order valence-corrected chi connectivity index (χ4v) is 4.95. The van der Waals surface area contributed by atoms with Gasteiger partial charge in [0, 0.05) is 42.1 Å². The summed E-state index contributed by atoms with van der Waals surface area (Å²) in [5, 5.41) is 7.76. The van der Waals surface area contributed by atoms with Gasteiger partial charge in [0.15, 0.2) is 0 Å². The topological polar surface area (TPSA) is 67.2 Å². The van der Waals surface area contributed by atoms with Crippen LogP contribution in [0.2, 0.25) is 5.02 Å². The van der Waals surface area contributed by atoms with Gasteiger partial charge in [-0.05, 0) is 55.9 Å². The maximum Gasteiger partial charge on any atom is 0.254 e. The van der Waals surface area contributed by atoms with Crippen molar-refractivity contribution in [2.75, 3.05) is 6.54 Å². The zero-order valence-electron chi connectivity index (χ0n) is 16.5. The molecule has 2 aromatic rings. The Hall–Kier alpha value is -2.34. The number of nitrogens with zero attached hydrogens (tertiary/aromatic N) is 3. The summed E-state index contributed by atoms with van der Waals surface area (Å²) in [6, 6.07) is 8.65. The third-order valence-corrected chi connectivity index (χ3v) is 6.35. The van der Waals surface area contributed by atoms with Crippen LogP contribution < -0.4 is 5.32 Å². The molecule has 6 nitrogen and oxygen atoms in total. The highest BCUT2D eigenvalue weighted by Gasteiger charge is 2.47. The molecular formula is C22H27ClN4O2. The standard InChI is InChI=1S/C22H27ClN4O2/c23-18-8-3-7-17(14-18)22(29)27-19-9-2-1-6-16(19)15-20(27)21(28)24-10-4-12-26-13-5-11-25-26/h3,5,7-8,11,13-14,16,19-20H,1-2,4,6,9-10,12,15H2,(H,24,28)/t16-,19+,20-/m0/s1. The Labute approximate surface area is 176 Å². The van der Waals surface area contributed by atoms with Crippen molar-refractivity contribution in [2.24, 2.45) is 5.92 Å². The van der Waals surface area contributed by atoms with Gasteiger partial charge in [-0.1, -0.05) is 30.5 Å². The van der Waals surface area contributed by atoms with E-state index in [9.17, 15) is 9.59 Å². The molecule has 1 aromatic carbocycles. The minimum Gasteiger partial charge on any atom is -0.354 e. The monoisotopic (exact) mass is 414 g/mol. The van der Waals surface area contributed by atoms with E-state index in [4.69, 9.17) is 11.6 Å². The van der Waals surface area contributed by atoms with E-state index in [1.165, 1.54) is 6.42 Å². The molecule has 0 spiro atoms.